The molecule has 0 heterocycles. The fourth-order valence-electron chi connectivity index (χ4n) is 1.96. The lowest BCUT2D eigenvalue weighted by Crippen LogP contribution is -2.24. The van der Waals surface area contributed by atoms with Crippen molar-refractivity contribution in [2.45, 2.75) is 58.2 Å². The van der Waals surface area contributed by atoms with E-state index >= 15 is 0 Å². The molecule has 0 spiro atoms. The molecule has 18 heavy (non-hydrogen) atoms. The van der Waals surface area contributed by atoms with Crippen molar-refractivity contribution in [3.63, 3.8) is 0 Å². The Bertz CT molecular complexity index is 358. The standard InChI is InChI=1S/C16H26O2/c1-13-6-5-7-14(12-13)8-9-15(17)10-11-16(2,3)18-4/h5-7,12,15,17H,8-11H2,1-4H3. The van der Waals surface area contributed by atoms with Crippen LogP contribution in [0.3, 0.4) is 0 Å². The zero-order chi connectivity index (χ0) is 13.6. The van der Waals surface area contributed by atoms with E-state index in [1.54, 1.807) is 7.11 Å². The molecule has 0 fully saturated rings. The van der Waals surface area contributed by atoms with Gasteiger partial charge in [-0.25, -0.2) is 0 Å². The molecule has 1 atom stereocenters. The molecule has 0 aliphatic rings. The molecule has 0 saturated heterocycles. The van der Waals surface area contributed by atoms with Crippen molar-refractivity contribution in [3.8, 4) is 0 Å². The number of aryl methyl sites for hydroxylation is 2. The van der Waals surface area contributed by atoms with Crippen LogP contribution in [0, 0.1) is 6.92 Å². The predicted molar refractivity (Wildman–Crippen MR) is 75.8 cm³/mol. The summed E-state index contributed by atoms with van der Waals surface area (Å²) < 4.78 is 5.36. The normalized spacial score (nSPS) is 13.6. The van der Waals surface area contributed by atoms with E-state index in [4.69, 9.17) is 4.74 Å². The minimum absolute atomic E-state index is 0.135. The Kier molecular flexibility index (Phi) is 5.83. The summed E-state index contributed by atoms with van der Waals surface area (Å²) in [6, 6.07) is 8.48. The zero-order valence-electron chi connectivity index (χ0n) is 12.1. The van der Waals surface area contributed by atoms with Gasteiger partial charge in [0.1, 0.15) is 0 Å². The second-order valence-electron chi connectivity index (χ2n) is 5.68. The molecule has 102 valence electrons. The Morgan fingerprint density at radius 2 is 2.00 bits per heavy atom. The van der Waals surface area contributed by atoms with E-state index < -0.39 is 0 Å². The van der Waals surface area contributed by atoms with Crippen LogP contribution in [0.2, 0.25) is 0 Å². The molecule has 0 aromatic heterocycles. The van der Waals surface area contributed by atoms with Gasteiger partial charge in [-0.05, 0) is 52.0 Å². The molecule has 1 aromatic rings. The molecular weight excluding hydrogens is 224 g/mol. The summed E-state index contributed by atoms with van der Waals surface area (Å²) in [5, 5.41) is 9.98. The second-order valence-corrected chi connectivity index (χ2v) is 5.68. The predicted octanol–water partition coefficient (Wildman–Crippen LogP) is 3.49. The number of hydrogen-bond donors (Lipinski definition) is 1. The van der Waals surface area contributed by atoms with E-state index in [0.29, 0.717) is 0 Å². The first kappa shape index (κ1) is 15.2. The molecule has 0 amide bonds. The highest BCUT2D eigenvalue weighted by atomic mass is 16.5. The summed E-state index contributed by atoms with van der Waals surface area (Å²) in [7, 11) is 1.72. The summed E-state index contributed by atoms with van der Waals surface area (Å²) >= 11 is 0. The maximum atomic E-state index is 9.98. The molecule has 0 saturated carbocycles. The Labute approximate surface area is 111 Å². The number of ether oxygens (including phenoxy) is 1. The molecule has 0 bridgehead atoms. The quantitative estimate of drug-likeness (QED) is 0.802. The first-order valence-electron chi connectivity index (χ1n) is 6.72. The maximum Gasteiger partial charge on any atom is 0.0623 e. The largest absolute Gasteiger partial charge is 0.393 e. The molecule has 1 aromatic carbocycles. The van der Waals surface area contributed by atoms with E-state index in [9.17, 15) is 5.11 Å². The number of benzene rings is 1. The Balaban J connectivity index is 2.31. The third kappa shape index (κ3) is 5.65. The van der Waals surface area contributed by atoms with Crippen molar-refractivity contribution in [2.75, 3.05) is 7.11 Å². The Hall–Kier alpha value is -0.860. The average molecular weight is 250 g/mol. The van der Waals surface area contributed by atoms with Crippen molar-refractivity contribution in [1.82, 2.24) is 0 Å². The molecular formula is C16H26O2. The SMILES string of the molecule is COC(C)(C)CCC(O)CCc1cccc(C)c1. The molecule has 0 aliphatic carbocycles. The van der Waals surface area contributed by atoms with Crippen molar-refractivity contribution < 1.29 is 9.84 Å². The van der Waals surface area contributed by atoms with E-state index in [1.165, 1.54) is 11.1 Å². The van der Waals surface area contributed by atoms with Gasteiger partial charge in [0.15, 0.2) is 0 Å². The van der Waals surface area contributed by atoms with Gasteiger partial charge in [0.2, 0.25) is 0 Å². The van der Waals surface area contributed by atoms with Crippen molar-refractivity contribution in [1.29, 1.82) is 0 Å². The fraction of sp³-hybridized carbons (Fsp3) is 0.625. The minimum Gasteiger partial charge on any atom is -0.393 e. The third-order valence-corrected chi connectivity index (χ3v) is 3.48. The smallest absolute Gasteiger partial charge is 0.0623 e. The maximum absolute atomic E-state index is 9.98. The van der Waals surface area contributed by atoms with Crippen LogP contribution in [0.1, 0.15) is 44.2 Å². The highest BCUT2D eigenvalue weighted by Gasteiger charge is 2.18. The molecule has 2 heteroatoms. The van der Waals surface area contributed by atoms with Gasteiger partial charge in [-0.1, -0.05) is 29.8 Å². The lowest BCUT2D eigenvalue weighted by Gasteiger charge is -2.24. The van der Waals surface area contributed by atoms with Crippen molar-refractivity contribution in [2.24, 2.45) is 0 Å². The molecule has 0 radical (unpaired) electrons. The number of rotatable bonds is 7. The summed E-state index contributed by atoms with van der Waals surface area (Å²) in [5.74, 6) is 0. The fourth-order valence-corrected chi connectivity index (χ4v) is 1.96. The topological polar surface area (TPSA) is 29.5 Å². The van der Waals surface area contributed by atoms with E-state index in [-0.39, 0.29) is 11.7 Å². The average Bonchev–Trinajstić information content (AvgIpc) is 2.34. The second kappa shape index (κ2) is 6.91. The van der Waals surface area contributed by atoms with Crippen LogP contribution in [0.4, 0.5) is 0 Å². The van der Waals surface area contributed by atoms with Gasteiger partial charge in [0, 0.05) is 7.11 Å². The number of methoxy groups -OCH3 is 1. The van der Waals surface area contributed by atoms with Gasteiger partial charge in [-0.3, -0.25) is 0 Å². The van der Waals surface area contributed by atoms with Crippen LogP contribution in [0.25, 0.3) is 0 Å². The van der Waals surface area contributed by atoms with E-state index in [0.717, 1.165) is 25.7 Å². The van der Waals surface area contributed by atoms with Crippen LogP contribution in [-0.2, 0) is 11.2 Å². The molecule has 1 N–H and O–H groups in total. The summed E-state index contributed by atoms with van der Waals surface area (Å²) in [6.45, 7) is 6.21. The lowest BCUT2D eigenvalue weighted by atomic mass is 9.97. The van der Waals surface area contributed by atoms with Crippen LogP contribution in [0.5, 0.6) is 0 Å². The highest BCUT2D eigenvalue weighted by Crippen LogP contribution is 2.18. The van der Waals surface area contributed by atoms with Gasteiger partial charge in [0.25, 0.3) is 0 Å². The first-order valence-corrected chi connectivity index (χ1v) is 6.72. The number of aliphatic hydroxyl groups excluding tert-OH is 1. The third-order valence-electron chi connectivity index (χ3n) is 3.48. The van der Waals surface area contributed by atoms with Crippen LogP contribution < -0.4 is 0 Å². The summed E-state index contributed by atoms with van der Waals surface area (Å²) in [4.78, 5) is 0. The van der Waals surface area contributed by atoms with Gasteiger partial charge in [0.05, 0.1) is 11.7 Å². The Morgan fingerprint density at radius 3 is 2.61 bits per heavy atom. The molecule has 1 unspecified atom stereocenters. The van der Waals surface area contributed by atoms with Gasteiger partial charge >= 0.3 is 0 Å². The summed E-state index contributed by atoms with van der Waals surface area (Å²) in [6.07, 6.45) is 3.21. The minimum atomic E-state index is -0.236. The number of hydrogen-bond acceptors (Lipinski definition) is 2. The number of aliphatic hydroxyl groups is 1. The van der Waals surface area contributed by atoms with Gasteiger partial charge < -0.3 is 9.84 Å². The van der Waals surface area contributed by atoms with Crippen LogP contribution >= 0.6 is 0 Å². The van der Waals surface area contributed by atoms with Crippen molar-refractivity contribution >= 4 is 0 Å². The lowest BCUT2D eigenvalue weighted by molar-refractivity contribution is 0.00231. The molecule has 2 nitrogen and oxygen atoms in total. The summed E-state index contributed by atoms with van der Waals surface area (Å²) in [5.41, 5.74) is 2.45. The Morgan fingerprint density at radius 1 is 1.28 bits per heavy atom. The van der Waals surface area contributed by atoms with E-state index in [1.807, 2.05) is 0 Å². The van der Waals surface area contributed by atoms with Crippen LogP contribution in [0.15, 0.2) is 24.3 Å². The molecule has 0 aliphatic heterocycles. The zero-order valence-corrected chi connectivity index (χ0v) is 12.1. The van der Waals surface area contributed by atoms with Crippen molar-refractivity contribution in [3.05, 3.63) is 35.4 Å². The van der Waals surface area contributed by atoms with E-state index in [2.05, 4.69) is 45.0 Å². The van der Waals surface area contributed by atoms with Gasteiger partial charge in [-0.2, -0.15) is 0 Å². The first-order chi connectivity index (χ1) is 8.43. The highest BCUT2D eigenvalue weighted by molar-refractivity contribution is 5.22. The molecule has 1 rings (SSSR count). The van der Waals surface area contributed by atoms with Crippen LogP contribution in [-0.4, -0.2) is 23.9 Å². The van der Waals surface area contributed by atoms with Gasteiger partial charge in [-0.15, -0.1) is 0 Å². The monoisotopic (exact) mass is 250 g/mol.